The molecule has 1 aliphatic rings. The fraction of sp³-hybridized carbons (Fsp3) is 0.333. The van der Waals surface area contributed by atoms with Gasteiger partial charge in [-0.05, 0) is 12.2 Å². The van der Waals surface area contributed by atoms with Gasteiger partial charge in [0.05, 0.1) is 0 Å². The van der Waals surface area contributed by atoms with Gasteiger partial charge in [-0.25, -0.2) is 0 Å². The van der Waals surface area contributed by atoms with E-state index < -0.39 is 12.2 Å². The number of hydrogen-bond donors (Lipinski definition) is 2. The fourth-order valence-electron chi connectivity index (χ4n) is 0.622. The summed E-state index contributed by atoms with van der Waals surface area (Å²) in [7, 11) is 0. The third-order valence-corrected chi connectivity index (χ3v) is 1.66. The number of aliphatic hydroxyl groups excluding tert-OH is 2. The highest BCUT2D eigenvalue weighted by atomic mass is 79.9. The molecule has 0 fully saturated rings. The summed E-state index contributed by atoms with van der Waals surface area (Å²) < 4.78 is 0.806. The maximum atomic E-state index is 8.94. The second-order valence-electron chi connectivity index (χ2n) is 1.89. The fourth-order valence-corrected chi connectivity index (χ4v) is 1.05. The minimum atomic E-state index is -0.760. The molecule has 2 nitrogen and oxygen atoms in total. The number of allylic oxidation sites excluding steroid dienone is 2. The van der Waals surface area contributed by atoms with Crippen molar-refractivity contribution in [3.05, 3.63) is 22.7 Å². The normalized spacial score (nSPS) is 34.3. The lowest BCUT2D eigenvalue weighted by Gasteiger charge is -2.13. The summed E-state index contributed by atoms with van der Waals surface area (Å²) in [5.41, 5.74) is 0. The number of halogens is 1. The smallest absolute Gasteiger partial charge is 0.103 e. The lowest BCUT2D eigenvalue weighted by Crippen LogP contribution is -2.23. The van der Waals surface area contributed by atoms with Gasteiger partial charge in [-0.3, -0.25) is 0 Å². The third-order valence-electron chi connectivity index (χ3n) is 1.13. The van der Waals surface area contributed by atoms with Gasteiger partial charge in [0.1, 0.15) is 12.2 Å². The van der Waals surface area contributed by atoms with Gasteiger partial charge in [0.2, 0.25) is 0 Å². The Morgan fingerprint density at radius 3 is 2.44 bits per heavy atom. The van der Waals surface area contributed by atoms with Gasteiger partial charge in [-0.2, -0.15) is 0 Å². The first kappa shape index (κ1) is 6.99. The van der Waals surface area contributed by atoms with Crippen molar-refractivity contribution >= 4 is 15.9 Å². The Bertz CT molecular complexity index is 162. The molecule has 0 saturated carbocycles. The predicted octanol–water partition coefficient (Wildman–Crippen LogP) is 0.557. The molecular weight excluding hydrogens is 184 g/mol. The van der Waals surface area contributed by atoms with Crippen molar-refractivity contribution in [3.8, 4) is 0 Å². The van der Waals surface area contributed by atoms with Gasteiger partial charge >= 0.3 is 0 Å². The lowest BCUT2D eigenvalue weighted by molar-refractivity contribution is 0.0792. The van der Waals surface area contributed by atoms with Gasteiger partial charge in [-0.15, -0.1) is 0 Å². The van der Waals surface area contributed by atoms with E-state index in [4.69, 9.17) is 10.2 Å². The number of rotatable bonds is 0. The van der Waals surface area contributed by atoms with Crippen molar-refractivity contribution in [1.82, 2.24) is 0 Å². The van der Waals surface area contributed by atoms with Crippen LogP contribution in [0, 0.1) is 0 Å². The molecule has 50 valence electrons. The minimum absolute atomic E-state index is 0.744. The molecule has 2 atom stereocenters. The van der Waals surface area contributed by atoms with Crippen LogP contribution >= 0.6 is 15.9 Å². The lowest BCUT2D eigenvalue weighted by atomic mass is 10.1. The molecule has 0 aromatic rings. The van der Waals surface area contributed by atoms with E-state index in [2.05, 4.69) is 15.9 Å². The number of aliphatic hydroxyl groups is 2. The highest BCUT2D eigenvalue weighted by molar-refractivity contribution is 9.11. The average Bonchev–Trinajstić information content (AvgIpc) is 1.80. The van der Waals surface area contributed by atoms with Crippen molar-refractivity contribution in [3.63, 3.8) is 0 Å². The van der Waals surface area contributed by atoms with Crippen LogP contribution in [-0.4, -0.2) is 22.4 Å². The summed E-state index contributed by atoms with van der Waals surface area (Å²) in [5, 5.41) is 17.8. The molecule has 0 aliphatic heterocycles. The molecule has 0 radical (unpaired) electrons. The molecule has 9 heavy (non-hydrogen) atoms. The van der Waals surface area contributed by atoms with E-state index in [1.165, 1.54) is 6.08 Å². The molecule has 0 spiro atoms. The Hall–Kier alpha value is -0.120. The zero-order valence-electron chi connectivity index (χ0n) is 4.66. The molecule has 1 aliphatic carbocycles. The van der Waals surface area contributed by atoms with Crippen LogP contribution in [0.5, 0.6) is 0 Å². The SMILES string of the molecule is O[C@@H]1C=CC(Br)=C[C@@H]1O. The van der Waals surface area contributed by atoms with E-state index >= 15 is 0 Å². The first-order valence-corrected chi connectivity index (χ1v) is 3.41. The standard InChI is InChI=1S/C6H7BrO2/c7-4-1-2-5(8)6(9)3-4/h1-3,5-6,8-9H/t5-,6+/m1/s1. The summed E-state index contributed by atoms with van der Waals surface area (Å²) in [4.78, 5) is 0. The van der Waals surface area contributed by atoms with E-state index in [0.29, 0.717) is 0 Å². The molecule has 0 saturated heterocycles. The van der Waals surface area contributed by atoms with Crippen molar-refractivity contribution in [1.29, 1.82) is 0 Å². The first-order valence-electron chi connectivity index (χ1n) is 2.62. The Balaban J connectivity index is 2.70. The van der Waals surface area contributed by atoms with Crippen molar-refractivity contribution in [2.24, 2.45) is 0 Å². The minimum Gasteiger partial charge on any atom is -0.386 e. The highest BCUT2D eigenvalue weighted by Crippen LogP contribution is 2.15. The van der Waals surface area contributed by atoms with E-state index in [1.54, 1.807) is 12.2 Å². The number of hydrogen-bond acceptors (Lipinski definition) is 2. The van der Waals surface area contributed by atoms with Crippen molar-refractivity contribution in [2.45, 2.75) is 12.2 Å². The van der Waals surface area contributed by atoms with Gasteiger partial charge in [0.15, 0.2) is 0 Å². The van der Waals surface area contributed by atoms with E-state index in [-0.39, 0.29) is 0 Å². The molecule has 0 unspecified atom stereocenters. The van der Waals surface area contributed by atoms with E-state index in [1.807, 2.05) is 0 Å². The summed E-state index contributed by atoms with van der Waals surface area (Å²) >= 11 is 3.16. The molecule has 3 heteroatoms. The monoisotopic (exact) mass is 190 g/mol. The summed E-state index contributed by atoms with van der Waals surface area (Å²) in [6.45, 7) is 0. The zero-order valence-corrected chi connectivity index (χ0v) is 6.25. The van der Waals surface area contributed by atoms with Crippen LogP contribution in [0.2, 0.25) is 0 Å². The second kappa shape index (κ2) is 2.64. The van der Waals surface area contributed by atoms with E-state index in [9.17, 15) is 0 Å². The Morgan fingerprint density at radius 2 is 2.00 bits per heavy atom. The van der Waals surface area contributed by atoms with Crippen LogP contribution in [0.3, 0.4) is 0 Å². The molecule has 0 heterocycles. The molecule has 0 aromatic heterocycles. The average molecular weight is 191 g/mol. The maximum Gasteiger partial charge on any atom is 0.103 e. The summed E-state index contributed by atoms with van der Waals surface area (Å²) in [5.74, 6) is 0. The largest absolute Gasteiger partial charge is 0.386 e. The van der Waals surface area contributed by atoms with Crippen LogP contribution in [0.4, 0.5) is 0 Å². The quantitative estimate of drug-likeness (QED) is 0.587. The van der Waals surface area contributed by atoms with Gasteiger partial charge in [0, 0.05) is 4.48 Å². The molecule has 0 aromatic carbocycles. The summed E-state index contributed by atoms with van der Waals surface area (Å²) in [6, 6.07) is 0. The van der Waals surface area contributed by atoms with Crippen molar-refractivity contribution < 1.29 is 10.2 Å². The van der Waals surface area contributed by atoms with Crippen LogP contribution in [-0.2, 0) is 0 Å². The van der Waals surface area contributed by atoms with Gasteiger partial charge < -0.3 is 10.2 Å². The third kappa shape index (κ3) is 1.64. The Kier molecular flexibility index (Phi) is 2.05. The molecule has 2 N–H and O–H groups in total. The second-order valence-corrected chi connectivity index (χ2v) is 2.81. The first-order chi connectivity index (χ1) is 4.20. The molecule has 1 rings (SSSR count). The molecular formula is C6H7BrO2. The highest BCUT2D eigenvalue weighted by Gasteiger charge is 2.13. The predicted molar refractivity (Wildman–Crippen MR) is 38.2 cm³/mol. The van der Waals surface area contributed by atoms with Crippen LogP contribution in [0.15, 0.2) is 22.7 Å². The Morgan fingerprint density at radius 1 is 1.33 bits per heavy atom. The molecule has 0 bridgehead atoms. The Labute approximate surface area is 61.6 Å². The topological polar surface area (TPSA) is 40.5 Å². The van der Waals surface area contributed by atoms with Crippen molar-refractivity contribution in [2.75, 3.05) is 0 Å². The van der Waals surface area contributed by atoms with Gasteiger partial charge in [-0.1, -0.05) is 22.0 Å². The summed E-state index contributed by atoms with van der Waals surface area (Å²) in [6.07, 6.45) is 3.28. The van der Waals surface area contributed by atoms with E-state index in [0.717, 1.165) is 4.48 Å². The maximum absolute atomic E-state index is 8.94. The van der Waals surface area contributed by atoms with Crippen LogP contribution < -0.4 is 0 Å². The van der Waals surface area contributed by atoms with Gasteiger partial charge in [0.25, 0.3) is 0 Å². The van der Waals surface area contributed by atoms with Crippen LogP contribution in [0.25, 0.3) is 0 Å². The molecule has 0 amide bonds. The zero-order chi connectivity index (χ0) is 6.85. The van der Waals surface area contributed by atoms with Crippen LogP contribution in [0.1, 0.15) is 0 Å².